The fourth-order valence-corrected chi connectivity index (χ4v) is 8.39. The van der Waals surface area contributed by atoms with E-state index in [4.69, 9.17) is 18.9 Å². The van der Waals surface area contributed by atoms with Crippen LogP contribution in [-0.2, 0) is 34.2 Å². The summed E-state index contributed by atoms with van der Waals surface area (Å²) in [7, 11) is 5.08. The molecule has 1 aliphatic carbocycles. The highest BCUT2D eigenvalue weighted by molar-refractivity contribution is 5.76. The van der Waals surface area contributed by atoms with E-state index in [0.717, 1.165) is 94.1 Å². The molecule has 1 atom stereocenters. The van der Waals surface area contributed by atoms with E-state index in [0.29, 0.717) is 19.4 Å². The SMILES string of the molecule is COc1ccc(CCC(=O)NCCCC(CCCN2CCOCC23CCc2cc(OC)c(OC)cc2C3)(c2ccccc2)c2ccccc2)cc1. The number of fused-ring (bicyclic) bond motifs is 1. The fraction of sp³-hybridized carbons (Fsp3) is 0.432. The molecule has 1 saturated heterocycles. The van der Waals surface area contributed by atoms with E-state index in [-0.39, 0.29) is 16.9 Å². The van der Waals surface area contributed by atoms with E-state index in [1.54, 1.807) is 21.3 Å². The van der Waals surface area contributed by atoms with Crippen LogP contribution in [-0.4, -0.2) is 70.5 Å². The van der Waals surface area contributed by atoms with Crippen LogP contribution >= 0.6 is 0 Å². The van der Waals surface area contributed by atoms with Crippen molar-refractivity contribution >= 4 is 5.91 Å². The summed E-state index contributed by atoms with van der Waals surface area (Å²) < 4.78 is 22.8. The minimum atomic E-state index is -0.168. The summed E-state index contributed by atoms with van der Waals surface area (Å²) in [6.07, 6.45) is 8.11. The molecule has 0 saturated carbocycles. The van der Waals surface area contributed by atoms with E-state index in [2.05, 4.69) is 83.0 Å². The predicted octanol–water partition coefficient (Wildman–Crippen LogP) is 7.57. The van der Waals surface area contributed by atoms with Gasteiger partial charge in [-0.05, 0) is 110 Å². The highest BCUT2D eigenvalue weighted by Gasteiger charge is 2.43. The van der Waals surface area contributed by atoms with Crippen molar-refractivity contribution in [3.05, 3.63) is 125 Å². The van der Waals surface area contributed by atoms with E-state index in [1.807, 2.05) is 24.3 Å². The van der Waals surface area contributed by atoms with Crippen molar-refractivity contribution in [2.45, 2.75) is 68.7 Å². The first-order valence-electron chi connectivity index (χ1n) is 18.6. The molecule has 270 valence electrons. The van der Waals surface area contributed by atoms with Crippen LogP contribution in [0.25, 0.3) is 0 Å². The summed E-state index contributed by atoms with van der Waals surface area (Å²) >= 11 is 0. The Morgan fingerprint density at radius 1 is 0.824 bits per heavy atom. The average Bonchev–Trinajstić information content (AvgIpc) is 3.19. The van der Waals surface area contributed by atoms with Gasteiger partial charge in [0.25, 0.3) is 0 Å². The number of hydrogen-bond donors (Lipinski definition) is 1. The normalized spacial score (nSPS) is 17.5. The van der Waals surface area contributed by atoms with Crippen LogP contribution in [0.5, 0.6) is 17.2 Å². The molecular formula is C44H54N2O5. The molecule has 7 nitrogen and oxygen atoms in total. The quantitative estimate of drug-likeness (QED) is 0.122. The number of methoxy groups -OCH3 is 3. The van der Waals surface area contributed by atoms with Crippen molar-refractivity contribution < 1.29 is 23.7 Å². The molecule has 0 aromatic heterocycles. The summed E-state index contributed by atoms with van der Waals surface area (Å²) in [6.45, 7) is 4.12. The Morgan fingerprint density at radius 2 is 1.47 bits per heavy atom. The molecule has 51 heavy (non-hydrogen) atoms. The van der Waals surface area contributed by atoms with Gasteiger partial charge in [0.05, 0.1) is 34.5 Å². The van der Waals surface area contributed by atoms with E-state index in [9.17, 15) is 4.79 Å². The Balaban J connectivity index is 1.14. The predicted molar refractivity (Wildman–Crippen MR) is 203 cm³/mol. The Labute approximate surface area is 304 Å². The Morgan fingerprint density at radius 3 is 2.12 bits per heavy atom. The van der Waals surface area contributed by atoms with Crippen LogP contribution in [0.2, 0.25) is 0 Å². The number of hydrogen-bond acceptors (Lipinski definition) is 6. The van der Waals surface area contributed by atoms with Crippen molar-refractivity contribution in [2.75, 3.05) is 54.2 Å². The Bertz CT molecular complexity index is 1650. The number of nitrogens with zero attached hydrogens (tertiary/aromatic N) is 1. The lowest BCUT2D eigenvalue weighted by Crippen LogP contribution is -2.59. The van der Waals surface area contributed by atoms with Gasteiger partial charge in [-0.2, -0.15) is 0 Å². The maximum Gasteiger partial charge on any atom is 0.220 e. The number of benzene rings is 4. The third kappa shape index (κ3) is 8.59. The van der Waals surface area contributed by atoms with Gasteiger partial charge in [-0.25, -0.2) is 0 Å². The third-order valence-electron chi connectivity index (χ3n) is 11.2. The zero-order valence-corrected chi connectivity index (χ0v) is 30.6. The van der Waals surface area contributed by atoms with Crippen LogP contribution in [0.4, 0.5) is 0 Å². The zero-order chi connectivity index (χ0) is 35.5. The van der Waals surface area contributed by atoms with Crippen molar-refractivity contribution in [2.24, 2.45) is 0 Å². The third-order valence-corrected chi connectivity index (χ3v) is 11.2. The van der Waals surface area contributed by atoms with Gasteiger partial charge in [0, 0.05) is 30.5 Å². The number of carbonyl (C=O) groups excluding carboxylic acids is 1. The highest BCUT2D eigenvalue weighted by Crippen LogP contribution is 2.43. The molecule has 2 aliphatic rings. The van der Waals surface area contributed by atoms with Gasteiger partial charge in [-0.15, -0.1) is 0 Å². The lowest BCUT2D eigenvalue weighted by Gasteiger charge is -2.50. The van der Waals surface area contributed by atoms with E-state index < -0.39 is 0 Å². The van der Waals surface area contributed by atoms with Crippen LogP contribution in [0.15, 0.2) is 97.1 Å². The zero-order valence-electron chi connectivity index (χ0n) is 30.6. The second-order valence-corrected chi connectivity index (χ2v) is 14.1. The van der Waals surface area contributed by atoms with E-state index in [1.165, 1.54) is 22.3 Å². The Hall–Kier alpha value is -4.33. The van der Waals surface area contributed by atoms with E-state index >= 15 is 0 Å². The number of amides is 1. The van der Waals surface area contributed by atoms with Gasteiger partial charge < -0.3 is 24.3 Å². The Kier molecular flexibility index (Phi) is 12.3. The number of ether oxygens (including phenoxy) is 4. The summed E-state index contributed by atoms with van der Waals surface area (Å²) in [5.74, 6) is 2.52. The molecule has 7 heteroatoms. The second kappa shape index (κ2) is 17.3. The standard InChI is InChI=1S/C44H54N2O5/c1-48-39-19-16-34(17-20-39)18-21-42(47)45-26-10-23-44(37-12-6-4-7-13-37,38-14-8-5-9-15-38)24-11-27-46-28-29-51-33-43(46)25-22-35-30-40(49-2)41(50-3)31-36(35)32-43/h4-9,12-17,19-20,30-31H,10-11,18,21-29,32-33H2,1-3H3,(H,45,47). The van der Waals surface area contributed by atoms with Gasteiger partial charge >= 0.3 is 0 Å². The molecule has 0 radical (unpaired) electrons. The summed E-state index contributed by atoms with van der Waals surface area (Å²) in [5, 5.41) is 3.22. The number of aryl methyl sites for hydroxylation is 2. The lowest BCUT2D eigenvalue weighted by molar-refractivity contribution is -0.121. The largest absolute Gasteiger partial charge is 0.497 e. The number of morpholine rings is 1. The molecule has 1 amide bonds. The first kappa shape index (κ1) is 36.5. The first-order valence-corrected chi connectivity index (χ1v) is 18.6. The van der Waals surface area contributed by atoms with Crippen molar-refractivity contribution in [3.8, 4) is 17.2 Å². The fourth-order valence-electron chi connectivity index (χ4n) is 8.39. The summed E-state index contributed by atoms with van der Waals surface area (Å²) in [6, 6.07) is 34.3. The van der Waals surface area contributed by atoms with Gasteiger partial charge in [-0.3, -0.25) is 9.69 Å². The molecule has 1 heterocycles. The topological polar surface area (TPSA) is 69.3 Å². The maximum atomic E-state index is 12.9. The molecule has 1 N–H and O–H groups in total. The first-order chi connectivity index (χ1) is 25.0. The minimum absolute atomic E-state index is 0.0247. The van der Waals surface area contributed by atoms with Gasteiger partial charge in [-0.1, -0.05) is 72.8 Å². The molecule has 6 rings (SSSR count). The van der Waals surface area contributed by atoms with Crippen molar-refractivity contribution in [1.29, 1.82) is 0 Å². The van der Waals surface area contributed by atoms with Crippen LogP contribution in [0, 0.1) is 0 Å². The van der Waals surface area contributed by atoms with Gasteiger partial charge in [0.15, 0.2) is 11.5 Å². The summed E-state index contributed by atoms with van der Waals surface area (Å²) in [4.78, 5) is 15.6. The molecule has 4 aromatic carbocycles. The maximum absolute atomic E-state index is 12.9. The molecule has 1 fully saturated rings. The molecule has 1 spiro atoms. The number of nitrogens with one attached hydrogen (secondary N) is 1. The van der Waals surface area contributed by atoms with Crippen LogP contribution in [0.3, 0.4) is 0 Å². The molecule has 1 unspecified atom stereocenters. The van der Waals surface area contributed by atoms with Crippen LogP contribution in [0.1, 0.15) is 66.3 Å². The number of rotatable bonds is 16. The van der Waals surface area contributed by atoms with Crippen LogP contribution < -0.4 is 19.5 Å². The monoisotopic (exact) mass is 690 g/mol. The number of carbonyl (C=O) groups is 1. The molecule has 4 aromatic rings. The second-order valence-electron chi connectivity index (χ2n) is 14.1. The summed E-state index contributed by atoms with van der Waals surface area (Å²) in [5.41, 5.74) is 6.31. The van der Waals surface area contributed by atoms with Crippen molar-refractivity contribution in [3.63, 3.8) is 0 Å². The molecule has 1 aliphatic heterocycles. The molecule has 0 bridgehead atoms. The molecular weight excluding hydrogens is 636 g/mol. The minimum Gasteiger partial charge on any atom is -0.497 e. The van der Waals surface area contributed by atoms with Crippen molar-refractivity contribution in [1.82, 2.24) is 10.2 Å². The smallest absolute Gasteiger partial charge is 0.220 e. The average molecular weight is 691 g/mol. The highest BCUT2D eigenvalue weighted by atomic mass is 16.5. The van der Waals surface area contributed by atoms with Gasteiger partial charge in [0.1, 0.15) is 5.75 Å². The lowest BCUT2D eigenvalue weighted by atomic mass is 9.68. The van der Waals surface area contributed by atoms with Gasteiger partial charge in [0.2, 0.25) is 5.91 Å².